The first-order valence-corrected chi connectivity index (χ1v) is 7.41. The van der Waals surface area contributed by atoms with Crippen LogP contribution in [0, 0.1) is 0 Å². The molecule has 0 aliphatic heterocycles. The number of aromatic nitrogens is 2. The summed E-state index contributed by atoms with van der Waals surface area (Å²) in [6, 6.07) is 6.85. The Labute approximate surface area is 112 Å². The third kappa shape index (κ3) is 3.55. The Morgan fingerprint density at radius 2 is 2.21 bits per heavy atom. The van der Waals surface area contributed by atoms with E-state index >= 15 is 0 Å². The highest BCUT2D eigenvalue weighted by atomic mass is 32.2. The van der Waals surface area contributed by atoms with E-state index in [1.807, 2.05) is 13.0 Å². The number of sulfonamides is 1. The summed E-state index contributed by atoms with van der Waals surface area (Å²) in [5.41, 5.74) is 1.34. The number of aromatic amines is 1. The van der Waals surface area contributed by atoms with Gasteiger partial charge in [0.15, 0.2) is 0 Å². The molecule has 7 heteroatoms. The van der Waals surface area contributed by atoms with Crippen LogP contribution >= 0.6 is 0 Å². The van der Waals surface area contributed by atoms with Crippen LogP contribution in [-0.2, 0) is 16.6 Å². The lowest BCUT2D eigenvalue weighted by Crippen LogP contribution is -2.15. The second-order valence-electron chi connectivity index (χ2n) is 4.02. The van der Waals surface area contributed by atoms with E-state index < -0.39 is 10.0 Å². The third-order valence-corrected chi connectivity index (χ3v) is 3.92. The molecule has 0 aliphatic carbocycles. The van der Waals surface area contributed by atoms with Crippen molar-refractivity contribution < 1.29 is 8.42 Å². The Kier molecular flexibility index (Phi) is 4.18. The first-order valence-electron chi connectivity index (χ1n) is 5.93. The van der Waals surface area contributed by atoms with Crippen molar-refractivity contribution >= 4 is 15.7 Å². The van der Waals surface area contributed by atoms with E-state index in [2.05, 4.69) is 20.2 Å². The standard InChI is InChI=1S/C12H16N4O2S/c1-2-13-7-10-4-3-5-12(6-10)19(17,18)16-11-8-14-15-9-11/h3-6,8-9,13,16H,2,7H2,1H3,(H,14,15). The third-order valence-electron chi connectivity index (χ3n) is 2.54. The number of rotatable bonds is 6. The van der Waals surface area contributed by atoms with Crippen molar-refractivity contribution in [2.45, 2.75) is 18.4 Å². The van der Waals surface area contributed by atoms with Crippen LogP contribution in [-0.4, -0.2) is 25.2 Å². The zero-order chi connectivity index (χ0) is 13.7. The minimum atomic E-state index is -3.57. The molecule has 102 valence electrons. The van der Waals surface area contributed by atoms with Crippen LogP contribution in [0.25, 0.3) is 0 Å². The van der Waals surface area contributed by atoms with Gasteiger partial charge >= 0.3 is 0 Å². The van der Waals surface area contributed by atoms with Gasteiger partial charge in [0.25, 0.3) is 10.0 Å². The van der Waals surface area contributed by atoms with E-state index in [1.54, 1.807) is 18.2 Å². The second-order valence-corrected chi connectivity index (χ2v) is 5.70. The monoisotopic (exact) mass is 280 g/mol. The molecule has 0 spiro atoms. The molecule has 0 amide bonds. The fourth-order valence-corrected chi connectivity index (χ4v) is 2.72. The molecule has 0 saturated carbocycles. The number of H-pyrrole nitrogens is 1. The van der Waals surface area contributed by atoms with Crippen molar-refractivity contribution in [2.24, 2.45) is 0 Å². The number of hydrogen-bond donors (Lipinski definition) is 3. The Morgan fingerprint density at radius 1 is 1.37 bits per heavy atom. The highest BCUT2D eigenvalue weighted by molar-refractivity contribution is 7.92. The maximum absolute atomic E-state index is 12.2. The van der Waals surface area contributed by atoms with Crippen LogP contribution in [0.3, 0.4) is 0 Å². The summed E-state index contributed by atoms with van der Waals surface area (Å²) in [6.07, 6.45) is 2.90. The van der Waals surface area contributed by atoms with Crippen molar-refractivity contribution in [1.29, 1.82) is 0 Å². The highest BCUT2D eigenvalue weighted by Gasteiger charge is 2.14. The maximum Gasteiger partial charge on any atom is 0.262 e. The van der Waals surface area contributed by atoms with E-state index in [0.717, 1.165) is 12.1 Å². The second kappa shape index (κ2) is 5.85. The Bertz CT molecular complexity index is 623. The summed E-state index contributed by atoms with van der Waals surface area (Å²) < 4.78 is 26.8. The minimum Gasteiger partial charge on any atom is -0.313 e. The van der Waals surface area contributed by atoms with Crippen molar-refractivity contribution in [3.8, 4) is 0 Å². The fraction of sp³-hybridized carbons (Fsp3) is 0.250. The molecule has 6 nitrogen and oxygen atoms in total. The Balaban J connectivity index is 2.20. The van der Waals surface area contributed by atoms with Gasteiger partial charge in [-0.2, -0.15) is 5.10 Å². The number of nitrogens with zero attached hydrogens (tertiary/aromatic N) is 1. The topological polar surface area (TPSA) is 86.9 Å². The van der Waals surface area contributed by atoms with Gasteiger partial charge in [0.05, 0.1) is 16.8 Å². The molecule has 1 aromatic carbocycles. The normalized spacial score (nSPS) is 11.4. The summed E-state index contributed by atoms with van der Waals surface area (Å²) in [6.45, 7) is 3.48. The van der Waals surface area contributed by atoms with Crippen molar-refractivity contribution in [2.75, 3.05) is 11.3 Å². The Morgan fingerprint density at radius 3 is 2.89 bits per heavy atom. The van der Waals surface area contributed by atoms with E-state index in [1.165, 1.54) is 12.4 Å². The predicted octanol–water partition coefficient (Wildman–Crippen LogP) is 1.32. The minimum absolute atomic E-state index is 0.240. The molecular formula is C12H16N4O2S. The van der Waals surface area contributed by atoms with Crippen LogP contribution in [0.2, 0.25) is 0 Å². The summed E-state index contributed by atoms with van der Waals surface area (Å²) >= 11 is 0. The van der Waals surface area contributed by atoms with Gasteiger partial charge in [-0.3, -0.25) is 9.82 Å². The van der Waals surface area contributed by atoms with Crippen LogP contribution in [0.4, 0.5) is 5.69 Å². The van der Waals surface area contributed by atoms with Crippen LogP contribution in [0.1, 0.15) is 12.5 Å². The van der Waals surface area contributed by atoms with Crippen molar-refractivity contribution in [3.63, 3.8) is 0 Å². The number of nitrogens with one attached hydrogen (secondary N) is 3. The largest absolute Gasteiger partial charge is 0.313 e. The molecule has 0 aliphatic rings. The zero-order valence-electron chi connectivity index (χ0n) is 10.6. The summed E-state index contributed by atoms with van der Waals surface area (Å²) in [5.74, 6) is 0. The van der Waals surface area contributed by atoms with Crippen LogP contribution in [0.15, 0.2) is 41.6 Å². The maximum atomic E-state index is 12.2. The zero-order valence-corrected chi connectivity index (χ0v) is 11.4. The van der Waals surface area contributed by atoms with Gasteiger partial charge in [-0.1, -0.05) is 19.1 Å². The van der Waals surface area contributed by atoms with Gasteiger partial charge in [-0.25, -0.2) is 8.42 Å². The lowest BCUT2D eigenvalue weighted by Gasteiger charge is -2.08. The predicted molar refractivity (Wildman–Crippen MR) is 73.2 cm³/mol. The molecule has 2 rings (SSSR count). The molecule has 0 atom stereocenters. The van der Waals surface area contributed by atoms with E-state index in [9.17, 15) is 8.42 Å². The molecule has 0 bridgehead atoms. The molecule has 0 unspecified atom stereocenters. The highest BCUT2D eigenvalue weighted by Crippen LogP contribution is 2.16. The molecule has 0 fully saturated rings. The van der Waals surface area contributed by atoms with Gasteiger partial charge in [0, 0.05) is 12.7 Å². The Hall–Kier alpha value is -1.86. The van der Waals surface area contributed by atoms with E-state index in [0.29, 0.717) is 12.2 Å². The number of benzene rings is 1. The van der Waals surface area contributed by atoms with Gasteiger partial charge in [0.2, 0.25) is 0 Å². The molecule has 0 radical (unpaired) electrons. The number of hydrogen-bond acceptors (Lipinski definition) is 4. The fourth-order valence-electron chi connectivity index (χ4n) is 1.61. The average molecular weight is 280 g/mol. The molecule has 1 aromatic heterocycles. The molecule has 2 aromatic rings. The quantitative estimate of drug-likeness (QED) is 0.745. The lowest BCUT2D eigenvalue weighted by molar-refractivity contribution is 0.601. The van der Waals surface area contributed by atoms with Crippen molar-refractivity contribution in [3.05, 3.63) is 42.2 Å². The molecule has 1 heterocycles. The first kappa shape index (κ1) is 13.6. The molecule has 19 heavy (non-hydrogen) atoms. The van der Waals surface area contributed by atoms with E-state index in [4.69, 9.17) is 0 Å². The summed E-state index contributed by atoms with van der Waals surface area (Å²) in [4.78, 5) is 0.240. The SMILES string of the molecule is CCNCc1cccc(S(=O)(=O)Nc2cn[nH]c2)c1. The summed E-state index contributed by atoms with van der Waals surface area (Å²) in [7, 11) is -3.57. The van der Waals surface area contributed by atoms with Gasteiger partial charge in [-0.05, 0) is 24.2 Å². The van der Waals surface area contributed by atoms with Crippen LogP contribution < -0.4 is 10.0 Å². The van der Waals surface area contributed by atoms with Gasteiger partial charge in [-0.15, -0.1) is 0 Å². The molecule has 3 N–H and O–H groups in total. The average Bonchev–Trinajstić information content (AvgIpc) is 2.89. The molecule has 0 saturated heterocycles. The van der Waals surface area contributed by atoms with Crippen molar-refractivity contribution in [1.82, 2.24) is 15.5 Å². The smallest absolute Gasteiger partial charge is 0.262 e. The van der Waals surface area contributed by atoms with Crippen LogP contribution in [0.5, 0.6) is 0 Å². The lowest BCUT2D eigenvalue weighted by atomic mass is 10.2. The van der Waals surface area contributed by atoms with Gasteiger partial charge < -0.3 is 5.32 Å². The number of anilines is 1. The summed E-state index contributed by atoms with van der Waals surface area (Å²) in [5, 5.41) is 9.41. The molecular weight excluding hydrogens is 264 g/mol. The first-order chi connectivity index (χ1) is 9.12. The van der Waals surface area contributed by atoms with Gasteiger partial charge in [0.1, 0.15) is 0 Å². The van der Waals surface area contributed by atoms with E-state index in [-0.39, 0.29) is 4.90 Å².